The fourth-order valence-corrected chi connectivity index (χ4v) is 9.00. The molecule has 4 aliphatic carbocycles. The number of hydrogen-bond acceptors (Lipinski definition) is 4. The smallest absolute Gasteiger partial charge is 0.190 e. The first kappa shape index (κ1) is 40.0. The van der Waals surface area contributed by atoms with Crippen LogP contribution < -0.4 is 0 Å². The van der Waals surface area contributed by atoms with Crippen molar-refractivity contribution in [1.29, 1.82) is 0 Å². The molecule has 0 N–H and O–H groups in total. The Bertz CT molecular complexity index is 2010. The predicted octanol–water partition coefficient (Wildman–Crippen LogP) is 12.0. The van der Waals surface area contributed by atoms with Crippen LogP contribution in [0.5, 0.6) is 0 Å². The summed E-state index contributed by atoms with van der Waals surface area (Å²) in [6.07, 6.45) is 8.18. The Labute approximate surface area is 329 Å². The van der Waals surface area contributed by atoms with Crippen LogP contribution >= 0.6 is 0 Å². The molecule has 2 bridgehead atoms. The van der Waals surface area contributed by atoms with Gasteiger partial charge in [-0.25, -0.2) is 0 Å². The van der Waals surface area contributed by atoms with Gasteiger partial charge in [-0.05, 0) is 73.7 Å². The van der Waals surface area contributed by atoms with Gasteiger partial charge in [0, 0.05) is 56.4 Å². The van der Waals surface area contributed by atoms with Crippen molar-refractivity contribution in [2.75, 3.05) is 0 Å². The van der Waals surface area contributed by atoms with E-state index in [1.165, 1.54) is 0 Å². The fraction of sp³-hybridized carbons (Fsp3) is 0.412. The summed E-state index contributed by atoms with van der Waals surface area (Å²) in [7, 11) is 0. The van der Waals surface area contributed by atoms with Gasteiger partial charge in [0.2, 0.25) is 0 Å². The average molecular weight is 735 g/mol. The van der Waals surface area contributed by atoms with E-state index in [0.29, 0.717) is 44.6 Å². The summed E-state index contributed by atoms with van der Waals surface area (Å²) in [6.45, 7) is 29.2. The predicted molar refractivity (Wildman–Crippen MR) is 224 cm³/mol. The van der Waals surface area contributed by atoms with Gasteiger partial charge in [0.15, 0.2) is 23.1 Å². The van der Waals surface area contributed by atoms with Crippen LogP contribution in [0.1, 0.15) is 118 Å². The zero-order valence-electron chi connectivity index (χ0n) is 35.4. The van der Waals surface area contributed by atoms with Crippen LogP contribution in [-0.2, 0) is 9.59 Å². The number of carbonyl (C=O) groups is 4. The van der Waals surface area contributed by atoms with Gasteiger partial charge in [-0.3, -0.25) is 19.2 Å². The lowest BCUT2D eigenvalue weighted by molar-refractivity contribution is -0.114. The van der Waals surface area contributed by atoms with Crippen LogP contribution in [0.25, 0.3) is 0 Å². The van der Waals surface area contributed by atoms with Gasteiger partial charge >= 0.3 is 0 Å². The van der Waals surface area contributed by atoms with E-state index in [9.17, 15) is 9.59 Å². The Morgan fingerprint density at radius 2 is 0.709 bits per heavy atom. The Hall–Kier alpha value is -4.70. The van der Waals surface area contributed by atoms with Crippen molar-refractivity contribution < 1.29 is 19.2 Å². The van der Waals surface area contributed by atoms with Crippen LogP contribution in [0.15, 0.2) is 141 Å². The second-order valence-corrected chi connectivity index (χ2v) is 20.5. The van der Waals surface area contributed by atoms with Crippen LogP contribution in [0.2, 0.25) is 0 Å². The zero-order valence-corrected chi connectivity index (χ0v) is 35.4. The van der Waals surface area contributed by atoms with Gasteiger partial charge in [-0.1, -0.05) is 158 Å². The quantitative estimate of drug-likeness (QED) is 0.293. The van der Waals surface area contributed by atoms with E-state index in [2.05, 4.69) is 96.9 Å². The molecule has 2 aromatic rings. The highest BCUT2D eigenvalue weighted by Gasteiger charge is 2.62. The molecule has 2 aromatic carbocycles. The van der Waals surface area contributed by atoms with Crippen molar-refractivity contribution in [2.45, 2.75) is 96.9 Å². The first-order valence-electron chi connectivity index (χ1n) is 19.7. The van der Waals surface area contributed by atoms with Crippen LogP contribution in [0, 0.1) is 38.9 Å². The topological polar surface area (TPSA) is 68.3 Å². The largest absolute Gasteiger partial charge is 0.289 e. The Morgan fingerprint density at radius 3 is 0.945 bits per heavy atom. The highest BCUT2D eigenvalue weighted by atomic mass is 16.1. The maximum Gasteiger partial charge on any atom is 0.190 e. The summed E-state index contributed by atoms with van der Waals surface area (Å²) < 4.78 is 0. The molecule has 2 atom stereocenters. The van der Waals surface area contributed by atoms with E-state index in [1.807, 2.05) is 85.0 Å². The molecular formula is C51H58O4. The molecule has 1 fully saturated rings. The molecule has 0 heterocycles. The minimum Gasteiger partial charge on any atom is -0.289 e. The molecule has 286 valence electrons. The number of Topliss-reactive ketones (excluding diaryl/α,β-unsaturated/α-hetero) is 4. The number of carbonyl (C=O) groups excluding carboxylic acids is 4. The van der Waals surface area contributed by atoms with E-state index in [1.54, 1.807) is 0 Å². The molecule has 0 aromatic heterocycles. The van der Waals surface area contributed by atoms with Gasteiger partial charge in [0.1, 0.15) is 0 Å². The first-order chi connectivity index (χ1) is 25.3. The molecule has 55 heavy (non-hydrogen) atoms. The van der Waals surface area contributed by atoms with E-state index in [-0.39, 0.29) is 23.1 Å². The molecule has 4 aliphatic rings. The Balaban J connectivity index is 1.86. The monoisotopic (exact) mass is 734 g/mol. The summed E-state index contributed by atoms with van der Waals surface area (Å²) in [5, 5.41) is 0. The number of allylic oxidation sites excluding steroid dienone is 14. The molecule has 0 saturated heterocycles. The van der Waals surface area contributed by atoms with Crippen LogP contribution in [-0.4, -0.2) is 23.1 Å². The second kappa shape index (κ2) is 13.2. The number of fused-ring (bicyclic) bond motifs is 2. The Kier molecular flexibility index (Phi) is 9.60. The molecule has 6 rings (SSSR count). The maximum atomic E-state index is 15.1. The average Bonchev–Trinajstić information content (AvgIpc) is 3.46. The minimum atomic E-state index is -0.621. The summed E-state index contributed by atoms with van der Waals surface area (Å²) >= 11 is 0. The van der Waals surface area contributed by atoms with E-state index >= 15 is 9.59 Å². The SMILES string of the molecule is CC(C)(C)C1=CC(=C2C(=C3C=C(C(C)(C)C)C(=O)C(C(C)(C)C)=C3)[C@H]3C(C(=O)c4ccccc4)=C(C(=O)c4ccccc4)[C@@H]2C3(C)C)C=C(C(C)(C)C)C1=O. The maximum absolute atomic E-state index is 15.1. The molecular weight excluding hydrogens is 677 g/mol. The van der Waals surface area contributed by atoms with Crippen molar-refractivity contribution in [3.8, 4) is 0 Å². The van der Waals surface area contributed by atoms with Gasteiger partial charge in [0.05, 0.1) is 0 Å². The standard InChI is InChI=1S/C51H58O4/c1-47(2,3)33-25-31(26-34(45(33)54)48(4,5)6)37-38(32-27-35(49(7,8)9)46(55)36(28-32)50(10,11)12)42-40(44(53)30-23-19-16-20-24-30)39(41(37)51(42,13)14)43(52)29-21-17-15-18-22-29/h15-28,41-42H,1-14H3/t41-,42+. The third-order valence-corrected chi connectivity index (χ3v) is 11.8. The summed E-state index contributed by atoms with van der Waals surface area (Å²) in [6, 6.07) is 18.5. The van der Waals surface area contributed by atoms with Crippen molar-refractivity contribution in [3.63, 3.8) is 0 Å². The lowest BCUT2D eigenvalue weighted by atomic mass is 9.68. The van der Waals surface area contributed by atoms with Gasteiger partial charge in [-0.2, -0.15) is 0 Å². The number of ketones is 4. The van der Waals surface area contributed by atoms with Crippen molar-refractivity contribution in [3.05, 3.63) is 152 Å². The van der Waals surface area contributed by atoms with E-state index in [4.69, 9.17) is 0 Å². The summed E-state index contributed by atoms with van der Waals surface area (Å²) in [4.78, 5) is 58.8. The molecule has 0 aliphatic heterocycles. The highest BCUT2D eigenvalue weighted by molar-refractivity contribution is 6.21. The van der Waals surface area contributed by atoms with Crippen LogP contribution in [0.3, 0.4) is 0 Å². The minimum absolute atomic E-state index is 0.0325. The van der Waals surface area contributed by atoms with E-state index < -0.39 is 38.9 Å². The third-order valence-electron chi connectivity index (χ3n) is 11.8. The molecule has 4 nitrogen and oxygen atoms in total. The van der Waals surface area contributed by atoms with Crippen molar-refractivity contribution in [1.82, 2.24) is 0 Å². The molecule has 4 heteroatoms. The van der Waals surface area contributed by atoms with Gasteiger partial charge in [-0.15, -0.1) is 0 Å². The van der Waals surface area contributed by atoms with Crippen molar-refractivity contribution in [2.24, 2.45) is 38.9 Å². The third kappa shape index (κ3) is 6.81. The molecule has 0 radical (unpaired) electrons. The normalized spacial score (nSPS) is 21.9. The van der Waals surface area contributed by atoms with Crippen molar-refractivity contribution >= 4 is 23.1 Å². The second-order valence-electron chi connectivity index (χ2n) is 20.5. The zero-order chi connectivity index (χ0) is 40.8. The fourth-order valence-electron chi connectivity index (χ4n) is 9.00. The van der Waals surface area contributed by atoms with Gasteiger partial charge < -0.3 is 0 Å². The molecule has 0 unspecified atom stereocenters. The lowest BCUT2D eigenvalue weighted by Gasteiger charge is -2.35. The first-order valence-corrected chi connectivity index (χ1v) is 19.7. The summed E-state index contributed by atoms with van der Waals surface area (Å²) in [5.41, 5.74) is 6.14. The Morgan fingerprint density at radius 1 is 0.455 bits per heavy atom. The van der Waals surface area contributed by atoms with Gasteiger partial charge in [0.25, 0.3) is 0 Å². The van der Waals surface area contributed by atoms with Crippen LogP contribution in [0.4, 0.5) is 0 Å². The molecule has 0 spiro atoms. The lowest BCUT2D eigenvalue weighted by Crippen LogP contribution is -2.30. The summed E-state index contributed by atoms with van der Waals surface area (Å²) in [5.74, 6) is -1.22. The highest BCUT2D eigenvalue weighted by Crippen LogP contribution is 2.68. The number of rotatable bonds is 4. The van der Waals surface area contributed by atoms with E-state index in [0.717, 1.165) is 22.3 Å². The molecule has 0 amide bonds. The number of hydrogen-bond donors (Lipinski definition) is 0. The molecule has 1 saturated carbocycles. The number of benzene rings is 2.